The van der Waals surface area contributed by atoms with E-state index in [1.807, 2.05) is 30.3 Å². The Bertz CT molecular complexity index is 2940. The zero-order valence-electron chi connectivity index (χ0n) is 27.4. The maximum Gasteiger partial charge on any atom is 0.141 e. The summed E-state index contributed by atoms with van der Waals surface area (Å²) in [5, 5.41) is 18.1. The second-order valence-corrected chi connectivity index (χ2v) is 13.4. The standard InChI is InChI=1S/C45H31N3O3/c1-2-9-26(10-3-1)43-46-44(29-18-21-33-31-12-5-7-16-38(31)50-41(33)25-29)48-45(47-43)35-14-8-13-34-36-23-27(19-22-39(36)51-42(34)35)28-17-20-32-30-11-4-6-15-37(30)49-40(32)24-28/h1-25,43-48H. The van der Waals surface area contributed by atoms with Gasteiger partial charge in [-0.2, -0.15) is 0 Å². The molecule has 0 saturated carbocycles. The summed E-state index contributed by atoms with van der Waals surface area (Å²) >= 11 is 0. The number of hydrogen-bond acceptors (Lipinski definition) is 6. The summed E-state index contributed by atoms with van der Waals surface area (Å²) < 4.78 is 19.2. The molecule has 1 aliphatic rings. The van der Waals surface area contributed by atoms with Crippen molar-refractivity contribution in [3.63, 3.8) is 0 Å². The van der Waals surface area contributed by atoms with Crippen LogP contribution in [0.1, 0.15) is 35.2 Å². The maximum absolute atomic E-state index is 6.68. The number of nitrogens with one attached hydrogen (secondary N) is 3. The molecule has 51 heavy (non-hydrogen) atoms. The molecule has 0 bridgehead atoms. The Hall–Kier alpha value is -6.18. The Morgan fingerprint density at radius 2 is 0.902 bits per heavy atom. The van der Waals surface area contributed by atoms with Crippen LogP contribution in [0.2, 0.25) is 0 Å². The van der Waals surface area contributed by atoms with Gasteiger partial charge in [0.25, 0.3) is 0 Å². The van der Waals surface area contributed by atoms with Crippen molar-refractivity contribution in [1.82, 2.24) is 16.0 Å². The zero-order chi connectivity index (χ0) is 33.5. The van der Waals surface area contributed by atoms with E-state index < -0.39 is 0 Å². The van der Waals surface area contributed by atoms with Gasteiger partial charge < -0.3 is 13.3 Å². The predicted molar refractivity (Wildman–Crippen MR) is 204 cm³/mol. The first kappa shape index (κ1) is 28.6. The van der Waals surface area contributed by atoms with E-state index in [2.05, 4.69) is 137 Å². The number of benzene rings is 7. The Kier molecular flexibility index (Phi) is 6.27. The van der Waals surface area contributed by atoms with Crippen LogP contribution in [0.4, 0.5) is 0 Å². The summed E-state index contributed by atoms with van der Waals surface area (Å²) in [6.45, 7) is 0. The molecule has 1 fully saturated rings. The Balaban J connectivity index is 0.994. The molecule has 1 aliphatic heterocycles. The SMILES string of the molecule is c1ccc(C2NC(c3ccc4c(c3)oc3ccccc34)NC(c3cccc4c3oc3ccc(-c5ccc6c(c5)oc5ccccc56)cc34)N2)cc1. The van der Waals surface area contributed by atoms with Crippen molar-refractivity contribution < 1.29 is 13.3 Å². The highest BCUT2D eigenvalue weighted by Gasteiger charge is 2.32. The van der Waals surface area contributed by atoms with Crippen molar-refractivity contribution in [3.8, 4) is 11.1 Å². The molecule has 3 atom stereocenters. The molecule has 244 valence electrons. The van der Waals surface area contributed by atoms with Gasteiger partial charge in [-0.1, -0.05) is 109 Å². The van der Waals surface area contributed by atoms with Crippen LogP contribution in [0.5, 0.6) is 0 Å². The predicted octanol–water partition coefficient (Wildman–Crippen LogP) is 11.2. The Morgan fingerprint density at radius 1 is 0.333 bits per heavy atom. The van der Waals surface area contributed by atoms with Crippen molar-refractivity contribution in [2.45, 2.75) is 18.5 Å². The van der Waals surface area contributed by atoms with Gasteiger partial charge in [0.05, 0.1) is 18.5 Å². The molecular formula is C45H31N3O3. The first-order valence-electron chi connectivity index (χ1n) is 17.3. The van der Waals surface area contributed by atoms with E-state index in [1.165, 1.54) is 0 Å². The Morgan fingerprint density at radius 3 is 1.69 bits per heavy atom. The lowest BCUT2D eigenvalue weighted by atomic mass is 10.00. The first-order valence-corrected chi connectivity index (χ1v) is 17.3. The summed E-state index contributed by atoms with van der Waals surface area (Å²) in [4.78, 5) is 0. The van der Waals surface area contributed by atoms with Gasteiger partial charge in [0.15, 0.2) is 0 Å². The van der Waals surface area contributed by atoms with Gasteiger partial charge in [0, 0.05) is 37.9 Å². The largest absolute Gasteiger partial charge is 0.456 e. The lowest BCUT2D eigenvalue weighted by Crippen LogP contribution is -2.54. The van der Waals surface area contributed by atoms with Crippen LogP contribution in [-0.4, -0.2) is 0 Å². The van der Waals surface area contributed by atoms with E-state index in [1.54, 1.807) is 0 Å². The number of furan rings is 3. The molecule has 11 rings (SSSR count). The minimum Gasteiger partial charge on any atom is -0.456 e. The maximum atomic E-state index is 6.68. The minimum absolute atomic E-state index is 0.117. The summed E-state index contributed by atoms with van der Waals surface area (Å²) in [6, 6.07) is 52.7. The third kappa shape index (κ3) is 4.62. The molecular weight excluding hydrogens is 631 g/mol. The smallest absolute Gasteiger partial charge is 0.141 e. The van der Waals surface area contributed by atoms with Gasteiger partial charge in [0.1, 0.15) is 33.5 Å². The van der Waals surface area contributed by atoms with E-state index in [0.717, 1.165) is 93.6 Å². The zero-order valence-corrected chi connectivity index (χ0v) is 27.4. The lowest BCUT2D eigenvalue weighted by Gasteiger charge is -2.39. The van der Waals surface area contributed by atoms with Crippen LogP contribution >= 0.6 is 0 Å². The summed E-state index contributed by atoms with van der Waals surface area (Å²) in [5.74, 6) is 0. The molecule has 1 saturated heterocycles. The van der Waals surface area contributed by atoms with Gasteiger partial charge in [-0.25, -0.2) is 0 Å². The fourth-order valence-electron chi connectivity index (χ4n) is 7.91. The third-order valence-corrected chi connectivity index (χ3v) is 10.4. The van der Waals surface area contributed by atoms with Crippen molar-refractivity contribution in [3.05, 3.63) is 168 Å². The molecule has 4 heterocycles. The fraction of sp³-hybridized carbons (Fsp3) is 0.0667. The second kappa shape index (κ2) is 11.2. The number of fused-ring (bicyclic) bond motifs is 9. The number of para-hydroxylation sites is 3. The number of rotatable bonds is 4. The second-order valence-electron chi connectivity index (χ2n) is 13.4. The molecule has 3 aromatic heterocycles. The molecule has 0 amide bonds. The summed E-state index contributed by atoms with van der Waals surface area (Å²) in [7, 11) is 0. The highest BCUT2D eigenvalue weighted by molar-refractivity contribution is 6.09. The van der Waals surface area contributed by atoms with Crippen molar-refractivity contribution in [2.24, 2.45) is 0 Å². The molecule has 3 unspecified atom stereocenters. The molecule has 6 nitrogen and oxygen atoms in total. The third-order valence-electron chi connectivity index (χ3n) is 10.4. The highest BCUT2D eigenvalue weighted by atomic mass is 16.3. The monoisotopic (exact) mass is 661 g/mol. The average Bonchev–Trinajstić information content (AvgIpc) is 3.88. The van der Waals surface area contributed by atoms with Crippen LogP contribution in [0.3, 0.4) is 0 Å². The minimum atomic E-state index is -0.216. The van der Waals surface area contributed by atoms with Crippen molar-refractivity contribution >= 4 is 65.8 Å². The van der Waals surface area contributed by atoms with Crippen LogP contribution < -0.4 is 16.0 Å². The van der Waals surface area contributed by atoms with Crippen LogP contribution in [0, 0.1) is 0 Å². The van der Waals surface area contributed by atoms with Gasteiger partial charge in [-0.3, -0.25) is 16.0 Å². The van der Waals surface area contributed by atoms with Crippen molar-refractivity contribution in [1.29, 1.82) is 0 Å². The summed E-state index contributed by atoms with van der Waals surface area (Å²) in [5.41, 5.74) is 10.8. The lowest BCUT2D eigenvalue weighted by molar-refractivity contribution is 0.203. The fourth-order valence-corrected chi connectivity index (χ4v) is 7.91. The molecule has 0 aliphatic carbocycles. The van der Waals surface area contributed by atoms with Gasteiger partial charge in [0.2, 0.25) is 0 Å². The van der Waals surface area contributed by atoms with E-state index >= 15 is 0 Å². The van der Waals surface area contributed by atoms with Crippen molar-refractivity contribution in [2.75, 3.05) is 0 Å². The van der Waals surface area contributed by atoms with Crippen LogP contribution in [0.15, 0.2) is 165 Å². The molecule has 7 aromatic carbocycles. The molecule has 10 aromatic rings. The molecule has 6 heteroatoms. The number of hydrogen-bond donors (Lipinski definition) is 3. The molecule has 0 radical (unpaired) electrons. The van der Waals surface area contributed by atoms with Gasteiger partial charge in [-0.15, -0.1) is 0 Å². The van der Waals surface area contributed by atoms with Crippen LogP contribution in [0.25, 0.3) is 76.9 Å². The van der Waals surface area contributed by atoms with E-state index in [-0.39, 0.29) is 18.5 Å². The highest BCUT2D eigenvalue weighted by Crippen LogP contribution is 2.39. The normalized spacial score (nSPS) is 18.2. The van der Waals surface area contributed by atoms with E-state index in [4.69, 9.17) is 13.3 Å². The summed E-state index contributed by atoms with van der Waals surface area (Å²) in [6.07, 6.45) is -0.501. The quantitative estimate of drug-likeness (QED) is 0.174. The average molecular weight is 662 g/mol. The Labute approximate surface area is 292 Å². The van der Waals surface area contributed by atoms with Gasteiger partial charge >= 0.3 is 0 Å². The first-order chi connectivity index (χ1) is 25.2. The topological polar surface area (TPSA) is 75.5 Å². The molecule has 3 N–H and O–H groups in total. The van der Waals surface area contributed by atoms with E-state index in [0.29, 0.717) is 0 Å². The van der Waals surface area contributed by atoms with Gasteiger partial charge in [-0.05, 0) is 64.7 Å². The van der Waals surface area contributed by atoms with Crippen LogP contribution in [-0.2, 0) is 0 Å². The van der Waals surface area contributed by atoms with E-state index in [9.17, 15) is 0 Å². The molecule has 0 spiro atoms.